The molecule has 2 aromatic rings. The van der Waals surface area contributed by atoms with E-state index in [4.69, 9.17) is 11.6 Å². The van der Waals surface area contributed by atoms with Crippen molar-refractivity contribution in [1.29, 1.82) is 0 Å². The lowest BCUT2D eigenvalue weighted by molar-refractivity contribution is 0.0963. The molecule has 3 N–H and O–H groups in total. The van der Waals surface area contributed by atoms with Gasteiger partial charge in [0.1, 0.15) is 5.75 Å². The average Bonchev–Trinajstić information content (AvgIpc) is 2.46. The summed E-state index contributed by atoms with van der Waals surface area (Å²) in [5.41, 5.74) is 2.08. The van der Waals surface area contributed by atoms with E-state index in [0.29, 0.717) is 22.7 Å². The predicted molar refractivity (Wildman–Crippen MR) is 80.3 cm³/mol. The monoisotopic (exact) mass is 290 g/mol. The zero-order valence-corrected chi connectivity index (χ0v) is 11.7. The second-order valence-electron chi connectivity index (χ2n) is 4.25. The number of amides is 1. The molecule has 0 unspecified atom stereocenters. The Bertz CT molecular complexity index is 592. The summed E-state index contributed by atoms with van der Waals surface area (Å²) in [7, 11) is 1.59. The zero-order valence-electron chi connectivity index (χ0n) is 11.0. The van der Waals surface area contributed by atoms with Crippen molar-refractivity contribution >= 4 is 23.2 Å². The van der Waals surface area contributed by atoms with Gasteiger partial charge in [0.15, 0.2) is 0 Å². The molecule has 0 bridgehead atoms. The Balaban J connectivity index is 2.06. The van der Waals surface area contributed by atoms with Crippen LogP contribution in [0.25, 0.3) is 0 Å². The maximum Gasteiger partial charge on any atom is 0.251 e. The number of carbonyl (C=O) groups excluding carboxylic acids is 1. The third kappa shape index (κ3) is 3.22. The van der Waals surface area contributed by atoms with Crippen LogP contribution in [-0.2, 0) is 6.54 Å². The number of phenols is 1. The Morgan fingerprint density at radius 3 is 2.50 bits per heavy atom. The number of carbonyl (C=O) groups is 1. The molecule has 2 rings (SSSR count). The number of nitrogens with one attached hydrogen (secondary N) is 2. The molecule has 4 nitrogen and oxygen atoms in total. The number of halogens is 1. The molecule has 0 spiro atoms. The summed E-state index contributed by atoms with van der Waals surface area (Å²) < 4.78 is 0. The Kier molecular flexibility index (Phi) is 4.48. The van der Waals surface area contributed by atoms with Crippen LogP contribution in [0.1, 0.15) is 15.9 Å². The lowest BCUT2D eigenvalue weighted by Crippen LogP contribution is -2.17. The minimum Gasteiger partial charge on any atom is -0.508 e. The molecule has 0 aliphatic carbocycles. The standard InChI is InChI=1S/C15H15ClN2O2/c1-17-15(20)10-5-7-11(8-6-10)18-9-12-13(16)3-2-4-14(12)19/h2-8,18-19H,9H2,1H3,(H,17,20). The van der Waals surface area contributed by atoms with E-state index in [1.165, 1.54) is 0 Å². The van der Waals surface area contributed by atoms with Gasteiger partial charge < -0.3 is 15.7 Å². The van der Waals surface area contributed by atoms with E-state index >= 15 is 0 Å². The van der Waals surface area contributed by atoms with Crippen LogP contribution in [0.2, 0.25) is 5.02 Å². The Morgan fingerprint density at radius 2 is 1.90 bits per heavy atom. The normalized spacial score (nSPS) is 10.1. The van der Waals surface area contributed by atoms with Crippen molar-refractivity contribution in [3.8, 4) is 5.75 Å². The molecule has 0 aliphatic heterocycles. The van der Waals surface area contributed by atoms with Crippen LogP contribution < -0.4 is 10.6 Å². The summed E-state index contributed by atoms with van der Waals surface area (Å²) in [4.78, 5) is 11.4. The summed E-state index contributed by atoms with van der Waals surface area (Å²) in [5.74, 6) is 0.0345. The number of anilines is 1. The molecule has 0 saturated carbocycles. The Hall–Kier alpha value is -2.20. The number of benzene rings is 2. The van der Waals surface area contributed by atoms with E-state index in [1.807, 2.05) is 0 Å². The molecule has 104 valence electrons. The second-order valence-corrected chi connectivity index (χ2v) is 4.65. The van der Waals surface area contributed by atoms with Crippen LogP contribution in [0.3, 0.4) is 0 Å². The van der Waals surface area contributed by atoms with Gasteiger partial charge in [0.05, 0.1) is 0 Å². The highest BCUT2D eigenvalue weighted by molar-refractivity contribution is 6.31. The SMILES string of the molecule is CNC(=O)c1ccc(NCc2c(O)cccc2Cl)cc1. The maximum absolute atomic E-state index is 11.4. The third-order valence-corrected chi connectivity index (χ3v) is 3.29. The summed E-state index contributed by atoms with van der Waals surface area (Å²) in [6, 6.07) is 12.1. The van der Waals surface area contributed by atoms with Gasteiger partial charge in [-0.3, -0.25) is 4.79 Å². The molecule has 2 aromatic carbocycles. The predicted octanol–water partition coefficient (Wildman–Crippen LogP) is 3.02. The molecular formula is C15H15ClN2O2. The van der Waals surface area contributed by atoms with Crippen molar-refractivity contribution < 1.29 is 9.90 Å². The van der Waals surface area contributed by atoms with Gasteiger partial charge in [-0.05, 0) is 36.4 Å². The van der Waals surface area contributed by atoms with Crippen molar-refractivity contribution in [3.63, 3.8) is 0 Å². The van der Waals surface area contributed by atoms with E-state index in [2.05, 4.69) is 10.6 Å². The molecule has 0 aromatic heterocycles. The highest BCUT2D eigenvalue weighted by Gasteiger charge is 2.06. The summed E-state index contributed by atoms with van der Waals surface area (Å²) in [5, 5.41) is 16.0. The molecule has 0 heterocycles. The molecule has 0 radical (unpaired) electrons. The minimum atomic E-state index is -0.125. The topological polar surface area (TPSA) is 61.4 Å². The van der Waals surface area contributed by atoms with Crippen LogP contribution >= 0.6 is 11.6 Å². The van der Waals surface area contributed by atoms with Gasteiger partial charge in [-0.2, -0.15) is 0 Å². The largest absolute Gasteiger partial charge is 0.508 e. The van der Waals surface area contributed by atoms with Crippen LogP contribution in [0, 0.1) is 0 Å². The smallest absolute Gasteiger partial charge is 0.251 e. The molecule has 0 saturated heterocycles. The van der Waals surface area contributed by atoms with E-state index in [-0.39, 0.29) is 11.7 Å². The van der Waals surface area contributed by atoms with Crippen LogP contribution in [-0.4, -0.2) is 18.1 Å². The summed E-state index contributed by atoms with van der Waals surface area (Å²) in [6.45, 7) is 0.408. The van der Waals surface area contributed by atoms with Gasteiger partial charge >= 0.3 is 0 Å². The van der Waals surface area contributed by atoms with Gasteiger partial charge in [-0.25, -0.2) is 0 Å². The van der Waals surface area contributed by atoms with Gasteiger partial charge in [0.25, 0.3) is 5.91 Å². The number of rotatable bonds is 4. The molecule has 20 heavy (non-hydrogen) atoms. The third-order valence-electron chi connectivity index (χ3n) is 2.94. The first kappa shape index (κ1) is 14.2. The molecule has 5 heteroatoms. The van der Waals surface area contributed by atoms with Gasteiger partial charge in [-0.1, -0.05) is 17.7 Å². The second kappa shape index (κ2) is 6.30. The first-order chi connectivity index (χ1) is 9.61. The van der Waals surface area contributed by atoms with E-state index in [9.17, 15) is 9.90 Å². The quantitative estimate of drug-likeness (QED) is 0.811. The van der Waals surface area contributed by atoms with Crippen LogP contribution in [0.15, 0.2) is 42.5 Å². The van der Waals surface area contributed by atoms with Crippen molar-refractivity contribution in [1.82, 2.24) is 5.32 Å². The summed E-state index contributed by atoms with van der Waals surface area (Å²) in [6.07, 6.45) is 0. The fraction of sp³-hybridized carbons (Fsp3) is 0.133. The van der Waals surface area contributed by atoms with Crippen molar-refractivity contribution in [2.24, 2.45) is 0 Å². The number of phenolic OH excluding ortho intramolecular Hbond substituents is 1. The molecule has 0 atom stereocenters. The lowest BCUT2D eigenvalue weighted by atomic mass is 10.1. The fourth-order valence-corrected chi connectivity index (χ4v) is 2.03. The molecule has 0 aliphatic rings. The van der Waals surface area contributed by atoms with Crippen LogP contribution in [0.5, 0.6) is 5.75 Å². The number of hydrogen-bond donors (Lipinski definition) is 3. The lowest BCUT2D eigenvalue weighted by Gasteiger charge is -2.10. The van der Waals surface area contributed by atoms with E-state index in [0.717, 1.165) is 5.69 Å². The van der Waals surface area contributed by atoms with E-state index < -0.39 is 0 Å². The zero-order chi connectivity index (χ0) is 14.5. The minimum absolute atomic E-state index is 0.125. The maximum atomic E-state index is 11.4. The van der Waals surface area contributed by atoms with Gasteiger partial charge in [-0.15, -0.1) is 0 Å². The van der Waals surface area contributed by atoms with Crippen molar-refractivity contribution in [3.05, 3.63) is 58.6 Å². The van der Waals surface area contributed by atoms with E-state index in [1.54, 1.807) is 49.5 Å². The Labute approximate surface area is 122 Å². The molecule has 1 amide bonds. The van der Waals surface area contributed by atoms with Crippen molar-refractivity contribution in [2.75, 3.05) is 12.4 Å². The van der Waals surface area contributed by atoms with Crippen LogP contribution in [0.4, 0.5) is 5.69 Å². The average molecular weight is 291 g/mol. The first-order valence-electron chi connectivity index (χ1n) is 6.14. The molecule has 0 fully saturated rings. The van der Waals surface area contributed by atoms with Gasteiger partial charge in [0.2, 0.25) is 0 Å². The first-order valence-corrected chi connectivity index (χ1v) is 6.52. The van der Waals surface area contributed by atoms with Gasteiger partial charge in [0, 0.05) is 35.4 Å². The molecular weight excluding hydrogens is 276 g/mol. The summed E-state index contributed by atoms with van der Waals surface area (Å²) >= 11 is 6.03. The highest BCUT2D eigenvalue weighted by Crippen LogP contribution is 2.26. The Morgan fingerprint density at radius 1 is 1.20 bits per heavy atom. The number of aromatic hydroxyl groups is 1. The number of hydrogen-bond acceptors (Lipinski definition) is 3. The highest BCUT2D eigenvalue weighted by atomic mass is 35.5. The van der Waals surface area contributed by atoms with Crippen molar-refractivity contribution in [2.45, 2.75) is 6.54 Å². The fourth-order valence-electron chi connectivity index (χ4n) is 1.80.